The van der Waals surface area contributed by atoms with Gasteiger partial charge in [-0.3, -0.25) is 9.59 Å². The number of nitrogens with zero attached hydrogens (tertiary/aromatic N) is 4. The number of rotatable bonds is 10. The van der Waals surface area contributed by atoms with E-state index in [0.29, 0.717) is 13.0 Å². The maximum Gasteiger partial charge on any atom is 0.323 e. The Balaban J connectivity index is 0.000000150. The van der Waals surface area contributed by atoms with Crippen LogP contribution in [0.4, 0.5) is 38.7 Å². The lowest BCUT2D eigenvalue weighted by molar-refractivity contribution is -0.135. The number of ketones is 1. The molecule has 5 N–H and O–H groups in total. The number of thiazole rings is 2. The van der Waals surface area contributed by atoms with Crippen molar-refractivity contribution in [2.75, 3.05) is 52.3 Å². The number of nitrogens with one attached hydrogen (secondary N) is 2. The van der Waals surface area contributed by atoms with Crippen molar-refractivity contribution in [1.29, 1.82) is 0 Å². The molecule has 0 fully saturated rings. The summed E-state index contributed by atoms with van der Waals surface area (Å²) in [4.78, 5) is 35.7. The van der Waals surface area contributed by atoms with Crippen LogP contribution in [0.1, 0.15) is 29.5 Å². The van der Waals surface area contributed by atoms with Gasteiger partial charge in [0.2, 0.25) is 0 Å². The number of anilines is 7. The lowest BCUT2D eigenvalue weighted by Gasteiger charge is -2.30. The van der Waals surface area contributed by atoms with Crippen molar-refractivity contribution in [3.8, 4) is 0 Å². The molecule has 0 atom stereocenters. The highest BCUT2D eigenvalue weighted by Gasteiger charge is 2.19. The summed E-state index contributed by atoms with van der Waals surface area (Å²) in [6.45, 7) is 2.40. The number of aryl methyl sites for hydroxylation is 2. The van der Waals surface area contributed by atoms with Crippen molar-refractivity contribution in [3.05, 3.63) is 137 Å². The molecule has 10 nitrogen and oxygen atoms in total. The normalized spacial score (nSPS) is 12.9. The minimum absolute atomic E-state index is 0.108. The fourth-order valence-corrected chi connectivity index (χ4v) is 7.40. The van der Waals surface area contributed by atoms with Crippen molar-refractivity contribution in [2.45, 2.75) is 32.1 Å². The Kier molecular flexibility index (Phi) is 13.1. The van der Waals surface area contributed by atoms with Gasteiger partial charge in [0.1, 0.15) is 6.54 Å². The van der Waals surface area contributed by atoms with Gasteiger partial charge in [-0.25, -0.2) is 9.97 Å². The van der Waals surface area contributed by atoms with Crippen LogP contribution in [0.25, 0.3) is 0 Å². The predicted molar refractivity (Wildman–Crippen MR) is 218 cm³/mol. The summed E-state index contributed by atoms with van der Waals surface area (Å²) in [5.74, 6) is -0.510. The Bertz CT molecular complexity index is 2040. The molecule has 272 valence electrons. The molecule has 0 saturated heterocycles. The zero-order valence-corrected chi connectivity index (χ0v) is 31.0. The van der Waals surface area contributed by atoms with Crippen LogP contribution >= 0.6 is 22.7 Å². The molecular formula is C41H43N7O3S2. The van der Waals surface area contributed by atoms with Gasteiger partial charge >= 0.3 is 5.97 Å². The number of nitrogen functional groups attached to an aromatic ring is 1. The first-order valence-corrected chi connectivity index (χ1v) is 19.3. The molecule has 2 aliphatic rings. The van der Waals surface area contributed by atoms with E-state index in [-0.39, 0.29) is 12.3 Å². The van der Waals surface area contributed by atoms with Gasteiger partial charge in [0, 0.05) is 71.1 Å². The summed E-state index contributed by atoms with van der Waals surface area (Å²) in [7, 11) is 0. The molecule has 0 radical (unpaired) electrons. The quantitative estimate of drug-likeness (QED) is 0.101. The van der Waals surface area contributed by atoms with Crippen LogP contribution in [-0.4, -0.2) is 53.0 Å². The second-order valence-corrected chi connectivity index (χ2v) is 14.4. The monoisotopic (exact) mass is 745 g/mol. The molecule has 4 heterocycles. The minimum Gasteiger partial charge on any atom is -0.480 e. The number of aromatic nitrogens is 2. The Morgan fingerprint density at radius 2 is 1.17 bits per heavy atom. The SMILES string of the molecule is Nc1ccc(Nc2nccs2)cc1.O=C(Cc1ccc(Nc2nccs2)cc1)CN1CCCc2ccccc21.O=C(O)CN1CCCc2ccccc21. The molecule has 0 amide bonds. The Morgan fingerprint density at radius 1 is 0.679 bits per heavy atom. The highest BCUT2D eigenvalue weighted by molar-refractivity contribution is 7.13. The number of nitrogens with two attached hydrogens (primary N) is 1. The van der Waals surface area contributed by atoms with Gasteiger partial charge in [0.15, 0.2) is 16.0 Å². The standard InChI is InChI=1S/C21H21N3OS.C11H13NO2.C9H9N3S/c25-19(15-24-12-3-5-17-4-1-2-6-20(17)24)14-16-7-9-18(10-8-16)23-21-22-11-13-26-21;13-11(14)8-12-7-3-5-9-4-1-2-6-10(9)12;10-7-1-3-8(4-2-7)12-9-11-5-6-13-9/h1-2,4,6-11,13H,3,5,12,14-15H2,(H,22,23);1-2,4,6H,3,5,7-8H2,(H,13,14);1-6H,10H2,(H,11,12). The van der Waals surface area contributed by atoms with Crippen molar-refractivity contribution < 1.29 is 14.7 Å². The average molecular weight is 746 g/mol. The van der Waals surface area contributed by atoms with E-state index in [2.05, 4.69) is 55.8 Å². The summed E-state index contributed by atoms with van der Waals surface area (Å²) in [6, 6.07) is 32.0. The van der Waals surface area contributed by atoms with Gasteiger partial charge in [0.05, 0.1) is 6.54 Å². The molecule has 53 heavy (non-hydrogen) atoms. The number of aliphatic carboxylic acids is 1. The molecule has 0 bridgehead atoms. The third-order valence-electron chi connectivity index (χ3n) is 8.74. The third-order valence-corrected chi connectivity index (χ3v) is 10.1. The predicted octanol–water partition coefficient (Wildman–Crippen LogP) is 8.44. The fraction of sp³-hybridized carbons (Fsp3) is 0.220. The van der Waals surface area contributed by atoms with Crippen molar-refractivity contribution in [3.63, 3.8) is 0 Å². The fourth-order valence-electron chi connectivity index (χ4n) is 6.30. The van der Waals surface area contributed by atoms with E-state index in [1.165, 1.54) is 16.8 Å². The van der Waals surface area contributed by atoms with Gasteiger partial charge in [-0.1, -0.05) is 48.5 Å². The Labute approximate surface area is 318 Å². The first kappa shape index (κ1) is 37.1. The molecule has 0 spiro atoms. The van der Waals surface area contributed by atoms with Crippen LogP contribution < -0.4 is 26.2 Å². The summed E-state index contributed by atoms with van der Waals surface area (Å²) in [5.41, 5.74) is 14.3. The van der Waals surface area contributed by atoms with Gasteiger partial charge in [-0.2, -0.15) is 0 Å². The maximum absolute atomic E-state index is 12.6. The van der Waals surface area contributed by atoms with E-state index < -0.39 is 5.97 Å². The van der Waals surface area contributed by atoms with Crippen LogP contribution in [0.3, 0.4) is 0 Å². The van der Waals surface area contributed by atoms with Crippen molar-refractivity contribution in [2.24, 2.45) is 0 Å². The number of carbonyl (C=O) groups excluding carboxylic acids is 1. The summed E-state index contributed by atoms with van der Waals surface area (Å²) in [5, 5.41) is 20.8. The first-order chi connectivity index (χ1) is 25.9. The van der Waals surface area contributed by atoms with Crippen molar-refractivity contribution in [1.82, 2.24) is 9.97 Å². The zero-order chi connectivity index (χ0) is 36.8. The second kappa shape index (κ2) is 18.7. The molecule has 2 aliphatic heterocycles. The molecule has 6 aromatic rings. The number of para-hydroxylation sites is 2. The van der Waals surface area contributed by atoms with Gasteiger partial charge in [-0.15, -0.1) is 22.7 Å². The van der Waals surface area contributed by atoms with Crippen LogP contribution in [0.15, 0.2) is 120 Å². The Hall–Kier alpha value is -5.72. The molecule has 0 saturated carbocycles. The molecule has 12 heteroatoms. The number of fused-ring (bicyclic) bond motifs is 2. The number of carboxylic acid groups (broad SMARTS) is 1. The topological polar surface area (TPSA) is 137 Å². The molecule has 0 aliphatic carbocycles. The van der Waals surface area contributed by atoms with Gasteiger partial charge in [0.25, 0.3) is 0 Å². The van der Waals surface area contributed by atoms with E-state index in [9.17, 15) is 9.59 Å². The van der Waals surface area contributed by atoms with Gasteiger partial charge < -0.3 is 31.3 Å². The number of benzene rings is 4. The van der Waals surface area contributed by atoms with Crippen LogP contribution in [-0.2, 0) is 28.9 Å². The smallest absolute Gasteiger partial charge is 0.323 e. The number of carbonyl (C=O) groups is 2. The van der Waals surface area contributed by atoms with Crippen LogP contribution in [0.5, 0.6) is 0 Å². The maximum atomic E-state index is 12.6. The largest absolute Gasteiger partial charge is 0.480 e. The lowest BCUT2D eigenvalue weighted by Crippen LogP contribution is -2.34. The Morgan fingerprint density at radius 3 is 1.66 bits per heavy atom. The number of carboxylic acids is 1. The average Bonchev–Trinajstić information content (AvgIpc) is 3.89. The summed E-state index contributed by atoms with van der Waals surface area (Å²) in [6.07, 6.45) is 8.34. The van der Waals surface area contributed by atoms with E-state index in [4.69, 9.17) is 10.8 Å². The van der Waals surface area contributed by atoms with E-state index in [1.807, 2.05) is 82.4 Å². The summed E-state index contributed by atoms with van der Waals surface area (Å²) < 4.78 is 0. The van der Waals surface area contributed by atoms with E-state index >= 15 is 0 Å². The third kappa shape index (κ3) is 11.1. The van der Waals surface area contributed by atoms with E-state index in [1.54, 1.807) is 35.1 Å². The number of hydrogen-bond donors (Lipinski definition) is 4. The highest BCUT2D eigenvalue weighted by atomic mass is 32.1. The number of hydrogen-bond acceptors (Lipinski definition) is 11. The lowest BCUT2D eigenvalue weighted by atomic mass is 10.0. The molecule has 0 unspecified atom stereocenters. The van der Waals surface area contributed by atoms with E-state index in [0.717, 1.165) is 77.3 Å². The first-order valence-electron chi connectivity index (χ1n) is 17.6. The van der Waals surface area contributed by atoms with Gasteiger partial charge in [-0.05, 0) is 90.9 Å². The molecule has 2 aromatic heterocycles. The summed E-state index contributed by atoms with van der Waals surface area (Å²) >= 11 is 3.13. The number of Topliss-reactive ketones (excluding diaryl/α,β-unsaturated/α-hetero) is 1. The highest BCUT2D eigenvalue weighted by Crippen LogP contribution is 2.28. The van der Waals surface area contributed by atoms with Crippen LogP contribution in [0, 0.1) is 0 Å². The molecule has 8 rings (SSSR count). The zero-order valence-electron chi connectivity index (χ0n) is 29.4. The molecular weight excluding hydrogens is 703 g/mol. The minimum atomic E-state index is -0.762. The molecule has 4 aromatic carbocycles. The van der Waals surface area contributed by atoms with Crippen LogP contribution in [0.2, 0.25) is 0 Å². The second-order valence-electron chi connectivity index (χ2n) is 12.7. The van der Waals surface area contributed by atoms with Crippen molar-refractivity contribution >= 4 is 73.1 Å².